The predicted octanol–water partition coefficient (Wildman–Crippen LogP) is 4.87. The second kappa shape index (κ2) is 9.10. The number of aromatic nitrogens is 2. The van der Waals surface area contributed by atoms with Crippen LogP contribution >= 0.6 is 23.2 Å². The lowest BCUT2D eigenvalue weighted by molar-refractivity contribution is 0.425. The van der Waals surface area contributed by atoms with Gasteiger partial charge in [0.15, 0.2) is 5.75 Å². The Bertz CT molecular complexity index is 928. The number of likely N-dealkylation sites (N-methyl/N-ethyl adjacent to an activating group) is 1. The van der Waals surface area contributed by atoms with Crippen molar-refractivity contribution in [3.05, 3.63) is 58.6 Å². The van der Waals surface area contributed by atoms with Crippen LogP contribution in [0.2, 0.25) is 10.0 Å². The molecule has 0 bridgehead atoms. The van der Waals surface area contributed by atoms with E-state index in [1.54, 1.807) is 12.1 Å². The van der Waals surface area contributed by atoms with Gasteiger partial charge in [-0.05, 0) is 26.2 Å². The molecule has 0 spiro atoms. The van der Waals surface area contributed by atoms with Crippen molar-refractivity contribution in [2.24, 2.45) is 0 Å². The van der Waals surface area contributed by atoms with Gasteiger partial charge in [0.05, 0.1) is 15.7 Å². The van der Waals surface area contributed by atoms with Crippen LogP contribution in [0.25, 0.3) is 11.3 Å². The van der Waals surface area contributed by atoms with Gasteiger partial charge in [0.25, 0.3) is 0 Å². The number of halogens is 2. The molecule has 0 fully saturated rings. The summed E-state index contributed by atoms with van der Waals surface area (Å²) in [6, 6.07) is 14.9. The van der Waals surface area contributed by atoms with E-state index < -0.39 is 0 Å². The van der Waals surface area contributed by atoms with Crippen LogP contribution in [0.1, 0.15) is 0 Å². The van der Waals surface area contributed by atoms with Crippen LogP contribution in [0.3, 0.4) is 0 Å². The third-order valence-corrected chi connectivity index (χ3v) is 4.50. The highest BCUT2D eigenvalue weighted by Crippen LogP contribution is 2.35. The summed E-state index contributed by atoms with van der Waals surface area (Å²) in [7, 11) is 4.02. The van der Waals surface area contributed by atoms with Crippen molar-refractivity contribution in [2.75, 3.05) is 37.8 Å². The first kappa shape index (κ1) is 20.2. The molecule has 0 aliphatic rings. The number of benzene rings is 2. The summed E-state index contributed by atoms with van der Waals surface area (Å²) in [6.07, 6.45) is 0. The van der Waals surface area contributed by atoms with Crippen LogP contribution in [-0.4, -0.2) is 47.2 Å². The number of hydrogen-bond acceptors (Lipinski definition) is 6. The Morgan fingerprint density at radius 3 is 2.32 bits per heavy atom. The Kier molecular flexibility index (Phi) is 6.57. The minimum absolute atomic E-state index is 0.146. The highest BCUT2D eigenvalue weighted by atomic mass is 35.5. The van der Waals surface area contributed by atoms with Gasteiger partial charge in [0, 0.05) is 30.4 Å². The monoisotopic (exact) mass is 417 g/mol. The predicted molar refractivity (Wildman–Crippen MR) is 116 cm³/mol. The molecule has 0 aliphatic carbocycles. The summed E-state index contributed by atoms with van der Waals surface area (Å²) >= 11 is 12.0. The number of phenols is 1. The van der Waals surface area contributed by atoms with Crippen LogP contribution in [0.4, 0.5) is 17.5 Å². The molecule has 0 radical (unpaired) electrons. The van der Waals surface area contributed by atoms with Gasteiger partial charge in [-0.15, -0.1) is 0 Å². The molecule has 8 heteroatoms. The number of rotatable bonds is 7. The van der Waals surface area contributed by atoms with Gasteiger partial charge in [-0.1, -0.05) is 53.5 Å². The minimum atomic E-state index is -0.146. The summed E-state index contributed by atoms with van der Waals surface area (Å²) in [5.41, 5.74) is 2.37. The van der Waals surface area contributed by atoms with Gasteiger partial charge in [0.2, 0.25) is 5.95 Å². The summed E-state index contributed by atoms with van der Waals surface area (Å²) in [5, 5.41) is 16.5. The fraction of sp³-hybridized carbons (Fsp3) is 0.200. The molecule has 1 aromatic heterocycles. The average Bonchev–Trinajstić information content (AvgIpc) is 2.66. The quantitative estimate of drug-likeness (QED) is 0.476. The molecule has 3 rings (SSSR count). The smallest absolute Gasteiger partial charge is 0.225 e. The lowest BCUT2D eigenvalue weighted by Gasteiger charge is -2.14. The summed E-state index contributed by atoms with van der Waals surface area (Å²) < 4.78 is 0. The van der Waals surface area contributed by atoms with E-state index in [0.717, 1.165) is 17.8 Å². The standard InChI is InChI=1S/C20H21Cl2N5O/c1-27(2)9-8-23-20-25-17(13-6-4-3-5-7-13)12-18(26-20)24-14-10-15(21)19(28)16(22)11-14/h3-7,10-12,28H,8-9H2,1-2H3,(H2,23,24,25,26). The van der Waals surface area contributed by atoms with Crippen LogP contribution in [0, 0.1) is 0 Å². The Labute approximate surface area is 174 Å². The molecule has 0 atom stereocenters. The van der Waals surface area contributed by atoms with Gasteiger partial charge in [-0.25, -0.2) is 4.98 Å². The first-order chi connectivity index (χ1) is 13.4. The van der Waals surface area contributed by atoms with E-state index in [-0.39, 0.29) is 15.8 Å². The van der Waals surface area contributed by atoms with Crippen molar-refractivity contribution in [3.63, 3.8) is 0 Å². The molecule has 2 aromatic carbocycles. The second-order valence-corrected chi connectivity index (χ2v) is 7.29. The van der Waals surface area contributed by atoms with Crippen molar-refractivity contribution in [2.45, 2.75) is 0 Å². The Balaban J connectivity index is 1.92. The van der Waals surface area contributed by atoms with Crippen LogP contribution in [0.5, 0.6) is 5.75 Å². The molecule has 28 heavy (non-hydrogen) atoms. The Hall–Kier alpha value is -2.54. The number of aromatic hydroxyl groups is 1. The zero-order valence-corrected chi connectivity index (χ0v) is 17.1. The lowest BCUT2D eigenvalue weighted by Crippen LogP contribution is -2.21. The van der Waals surface area contributed by atoms with E-state index in [0.29, 0.717) is 24.0 Å². The molecule has 0 saturated carbocycles. The highest BCUT2D eigenvalue weighted by molar-refractivity contribution is 6.37. The van der Waals surface area contributed by atoms with Gasteiger partial charge in [-0.3, -0.25) is 0 Å². The zero-order valence-electron chi connectivity index (χ0n) is 15.6. The first-order valence-corrected chi connectivity index (χ1v) is 9.46. The van der Waals surface area contributed by atoms with Gasteiger partial charge in [-0.2, -0.15) is 4.98 Å². The molecule has 0 unspecified atom stereocenters. The summed E-state index contributed by atoms with van der Waals surface area (Å²) in [6.45, 7) is 1.56. The molecule has 0 saturated heterocycles. The number of phenolic OH excluding ortho intramolecular Hbond substituents is 1. The molecule has 3 N–H and O–H groups in total. The molecule has 6 nitrogen and oxygen atoms in total. The number of anilines is 3. The van der Waals surface area contributed by atoms with E-state index in [9.17, 15) is 5.11 Å². The molecule has 146 valence electrons. The van der Waals surface area contributed by atoms with E-state index in [2.05, 4.69) is 25.5 Å². The maximum atomic E-state index is 9.74. The highest BCUT2D eigenvalue weighted by Gasteiger charge is 2.10. The van der Waals surface area contributed by atoms with Gasteiger partial charge >= 0.3 is 0 Å². The summed E-state index contributed by atoms with van der Waals surface area (Å²) in [4.78, 5) is 11.2. The average molecular weight is 418 g/mol. The van der Waals surface area contributed by atoms with Crippen LogP contribution in [-0.2, 0) is 0 Å². The lowest BCUT2D eigenvalue weighted by atomic mass is 10.1. The normalized spacial score (nSPS) is 10.9. The Morgan fingerprint density at radius 2 is 1.68 bits per heavy atom. The number of hydrogen-bond donors (Lipinski definition) is 3. The maximum absolute atomic E-state index is 9.74. The van der Waals surface area contributed by atoms with E-state index >= 15 is 0 Å². The fourth-order valence-corrected chi connectivity index (χ4v) is 3.01. The molecule has 3 aromatic rings. The van der Waals surface area contributed by atoms with Crippen LogP contribution in [0.15, 0.2) is 48.5 Å². The van der Waals surface area contributed by atoms with Crippen molar-refractivity contribution in [3.8, 4) is 17.0 Å². The number of nitrogens with one attached hydrogen (secondary N) is 2. The molecule has 1 heterocycles. The molecule has 0 aliphatic heterocycles. The van der Waals surface area contributed by atoms with Crippen molar-refractivity contribution in [1.82, 2.24) is 14.9 Å². The van der Waals surface area contributed by atoms with E-state index in [4.69, 9.17) is 23.2 Å². The van der Waals surface area contributed by atoms with Crippen molar-refractivity contribution in [1.29, 1.82) is 0 Å². The van der Waals surface area contributed by atoms with Gasteiger partial charge in [0.1, 0.15) is 5.82 Å². The topological polar surface area (TPSA) is 73.3 Å². The third-order valence-electron chi connectivity index (χ3n) is 3.93. The number of nitrogens with zero attached hydrogens (tertiary/aromatic N) is 3. The van der Waals surface area contributed by atoms with E-state index in [1.165, 1.54) is 0 Å². The fourth-order valence-electron chi connectivity index (χ4n) is 2.52. The largest absolute Gasteiger partial charge is 0.505 e. The molecular weight excluding hydrogens is 397 g/mol. The zero-order chi connectivity index (χ0) is 20.1. The van der Waals surface area contributed by atoms with Gasteiger partial charge < -0.3 is 20.6 Å². The molecule has 0 amide bonds. The summed E-state index contributed by atoms with van der Waals surface area (Å²) in [5.74, 6) is 0.952. The van der Waals surface area contributed by atoms with Crippen molar-refractivity contribution < 1.29 is 5.11 Å². The molecular formula is C20H21Cl2N5O. The maximum Gasteiger partial charge on any atom is 0.225 e. The SMILES string of the molecule is CN(C)CCNc1nc(Nc2cc(Cl)c(O)c(Cl)c2)cc(-c2ccccc2)n1. The van der Waals surface area contributed by atoms with Crippen LogP contribution < -0.4 is 10.6 Å². The minimum Gasteiger partial charge on any atom is -0.505 e. The first-order valence-electron chi connectivity index (χ1n) is 8.70. The third kappa shape index (κ3) is 5.25. The Morgan fingerprint density at radius 1 is 1.00 bits per heavy atom. The van der Waals surface area contributed by atoms with Crippen molar-refractivity contribution >= 4 is 40.7 Å². The van der Waals surface area contributed by atoms with E-state index in [1.807, 2.05) is 50.5 Å². The second-order valence-electron chi connectivity index (χ2n) is 6.47.